The SMILES string of the molecule is CC(C)(C)NC(=O)c1ccnc2ccnn12. The van der Waals surface area contributed by atoms with Gasteiger partial charge in [0, 0.05) is 17.8 Å². The Labute approximate surface area is 93.5 Å². The van der Waals surface area contributed by atoms with E-state index < -0.39 is 0 Å². The number of amides is 1. The molecule has 0 spiro atoms. The van der Waals surface area contributed by atoms with Crippen molar-refractivity contribution >= 4 is 11.6 Å². The lowest BCUT2D eigenvalue weighted by atomic mass is 10.1. The monoisotopic (exact) mass is 218 g/mol. The minimum atomic E-state index is -0.264. The van der Waals surface area contributed by atoms with Crippen LogP contribution in [-0.2, 0) is 0 Å². The Hall–Kier alpha value is -1.91. The summed E-state index contributed by atoms with van der Waals surface area (Å²) in [6, 6.07) is 3.41. The molecule has 0 aliphatic carbocycles. The third-order valence-corrected chi connectivity index (χ3v) is 2.01. The summed E-state index contributed by atoms with van der Waals surface area (Å²) in [4.78, 5) is 16.1. The summed E-state index contributed by atoms with van der Waals surface area (Å²) in [5.41, 5.74) is 0.895. The van der Waals surface area contributed by atoms with Crippen molar-refractivity contribution in [2.45, 2.75) is 26.3 Å². The summed E-state index contributed by atoms with van der Waals surface area (Å²) < 4.78 is 1.53. The van der Waals surface area contributed by atoms with E-state index in [1.54, 1.807) is 24.5 Å². The predicted molar refractivity (Wildman–Crippen MR) is 60.2 cm³/mol. The molecule has 0 saturated heterocycles. The fourth-order valence-electron chi connectivity index (χ4n) is 1.41. The van der Waals surface area contributed by atoms with E-state index in [0.717, 1.165) is 0 Å². The Morgan fingerprint density at radius 2 is 2.06 bits per heavy atom. The molecule has 1 amide bonds. The van der Waals surface area contributed by atoms with Crippen LogP contribution in [0.3, 0.4) is 0 Å². The lowest BCUT2D eigenvalue weighted by Gasteiger charge is -2.20. The van der Waals surface area contributed by atoms with Crippen molar-refractivity contribution in [2.75, 3.05) is 0 Å². The van der Waals surface area contributed by atoms with Crippen molar-refractivity contribution in [3.63, 3.8) is 0 Å². The predicted octanol–water partition coefficient (Wildman–Crippen LogP) is 1.26. The molecule has 2 rings (SSSR count). The highest BCUT2D eigenvalue weighted by Crippen LogP contribution is 2.06. The van der Waals surface area contributed by atoms with E-state index in [1.165, 1.54) is 4.52 Å². The highest BCUT2D eigenvalue weighted by atomic mass is 16.2. The normalized spacial score (nSPS) is 11.7. The first-order valence-corrected chi connectivity index (χ1v) is 5.09. The maximum absolute atomic E-state index is 12.0. The maximum Gasteiger partial charge on any atom is 0.270 e. The third-order valence-electron chi connectivity index (χ3n) is 2.01. The molecular formula is C11H14N4O. The van der Waals surface area contributed by atoms with Gasteiger partial charge in [-0.05, 0) is 26.8 Å². The number of hydrogen-bond acceptors (Lipinski definition) is 3. The minimum Gasteiger partial charge on any atom is -0.346 e. The first kappa shape index (κ1) is 10.6. The van der Waals surface area contributed by atoms with Crippen LogP contribution in [0.15, 0.2) is 24.5 Å². The highest BCUT2D eigenvalue weighted by Gasteiger charge is 2.17. The zero-order valence-corrected chi connectivity index (χ0v) is 9.56. The van der Waals surface area contributed by atoms with Gasteiger partial charge >= 0.3 is 0 Å². The lowest BCUT2D eigenvalue weighted by molar-refractivity contribution is 0.0911. The number of nitrogens with one attached hydrogen (secondary N) is 1. The van der Waals surface area contributed by atoms with Crippen LogP contribution in [0.25, 0.3) is 5.65 Å². The maximum atomic E-state index is 12.0. The van der Waals surface area contributed by atoms with Crippen LogP contribution in [0.5, 0.6) is 0 Å². The molecule has 16 heavy (non-hydrogen) atoms. The first-order chi connectivity index (χ1) is 7.47. The second-order valence-electron chi connectivity index (χ2n) is 4.64. The minimum absolute atomic E-state index is 0.149. The molecule has 2 heterocycles. The Morgan fingerprint density at radius 1 is 1.31 bits per heavy atom. The van der Waals surface area contributed by atoms with E-state index in [1.807, 2.05) is 20.8 Å². The quantitative estimate of drug-likeness (QED) is 0.783. The molecule has 0 aliphatic heterocycles. The molecule has 5 heteroatoms. The first-order valence-electron chi connectivity index (χ1n) is 5.09. The Balaban J connectivity index is 2.40. The van der Waals surface area contributed by atoms with Gasteiger partial charge in [0.1, 0.15) is 5.69 Å². The zero-order chi connectivity index (χ0) is 11.8. The molecule has 0 atom stereocenters. The van der Waals surface area contributed by atoms with E-state index in [0.29, 0.717) is 11.3 Å². The molecule has 0 fully saturated rings. The van der Waals surface area contributed by atoms with Gasteiger partial charge in [0.15, 0.2) is 5.65 Å². The molecule has 1 N–H and O–H groups in total. The van der Waals surface area contributed by atoms with Crippen molar-refractivity contribution in [1.29, 1.82) is 0 Å². The van der Waals surface area contributed by atoms with Crippen LogP contribution in [0, 0.1) is 0 Å². The third kappa shape index (κ3) is 2.03. The molecule has 0 aromatic carbocycles. The van der Waals surface area contributed by atoms with Crippen molar-refractivity contribution in [1.82, 2.24) is 19.9 Å². The van der Waals surface area contributed by atoms with Gasteiger partial charge in [-0.2, -0.15) is 5.10 Å². The van der Waals surface area contributed by atoms with Gasteiger partial charge in [0.05, 0.1) is 6.20 Å². The van der Waals surface area contributed by atoms with E-state index in [9.17, 15) is 4.79 Å². The zero-order valence-electron chi connectivity index (χ0n) is 9.56. The number of nitrogens with zero attached hydrogens (tertiary/aromatic N) is 3. The highest BCUT2D eigenvalue weighted by molar-refractivity contribution is 5.93. The van der Waals surface area contributed by atoms with E-state index in [2.05, 4.69) is 15.4 Å². The van der Waals surface area contributed by atoms with Crippen LogP contribution in [-0.4, -0.2) is 26.0 Å². The van der Waals surface area contributed by atoms with Crippen LogP contribution in [0.4, 0.5) is 0 Å². The van der Waals surface area contributed by atoms with Crippen molar-refractivity contribution in [3.05, 3.63) is 30.2 Å². The topological polar surface area (TPSA) is 59.3 Å². The number of hydrogen-bond donors (Lipinski definition) is 1. The van der Waals surface area contributed by atoms with Crippen LogP contribution in [0.1, 0.15) is 31.3 Å². The van der Waals surface area contributed by atoms with Crippen LogP contribution < -0.4 is 5.32 Å². The van der Waals surface area contributed by atoms with E-state index in [-0.39, 0.29) is 11.4 Å². The molecular weight excluding hydrogens is 204 g/mol. The molecule has 0 saturated carbocycles. The van der Waals surface area contributed by atoms with Gasteiger partial charge in [-0.3, -0.25) is 4.79 Å². The van der Waals surface area contributed by atoms with E-state index >= 15 is 0 Å². The number of aromatic nitrogens is 3. The summed E-state index contributed by atoms with van der Waals surface area (Å²) in [7, 11) is 0. The van der Waals surface area contributed by atoms with Gasteiger partial charge in [0.2, 0.25) is 0 Å². The average Bonchev–Trinajstić information content (AvgIpc) is 2.61. The Kier molecular flexibility index (Phi) is 2.38. The largest absolute Gasteiger partial charge is 0.346 e. The number of rotatable bonds is 1. The van der Waals surface area contributed by atoms with Crippen molar-refractivity contribution in [2.24, 2.45) is 0 Å². The second kappa shape index (κ2) is 3.59. The van der Waals surface area contributed by atoms with Gasteiger partial charge < -0.3 is 5.32 Å². The molecule has 0 unspecified atom stereocenters. The van der Waals surface area contributed by atoms with E-state index in [4.69, 9.17) is 0 Å². The molecule has 2 aromatic heterocycles. The summed E-state index contributed by atoms with van der Waals surface area (Å²) in [6.45, 7) is 5.81. The summed E-state index contributed by atoms with van der Waals surface area (Å²) in [5.74, 6) is -0.149. The molecule has 0 radical (unpaired) electrons. The molecule has 0 bridgehead atoms. The van der Waals surface area contributed by atoms with Crippen molar-refractivity contribution in [3.8, 4) is 0 Å². The van der Waals surface area contributed by atoms with Crippen molar-refractivity contribution < 1.29 is 4.79 Å². The number of carbonyl (C=O) groups excluding carboxylic acids is 1. The second-order valence-corrected chi connectivity index (χ2v) is 4.64. The van der Waals surface area contributed by atoms with Gasteiger partial charge in [0.25, 0.3) is 5.91 Å². The number of fused-ring (bicyclic) bond motifs is 1. The summed E-state index contributed by atoms with van der Waals surface area (Å²) in [6.07, 6.45) is 3.23. The standard InChI is InChI=1S/C11H14N4O/c1-11(2,3)14-10(16)8-4-6-12-9-5-7-13-15(8)9/h4-7H,1-3H3,(H,14,16). The fourth-order valence-corrected chi connectivity index (χ4v) is 1.41. The Bertz CT molecular complexity index is 524. The van der Waals surface area contributed by atoms with Crippen LogP contribution >= 0.6 is 0 Å². The molecule has 5 nitrogen and oxygen atoms in total. The lowest BCUT2D eigenvalue weighted by Crippen LogP contribution is -2.41. The molecule has 0 aliphatic rings. The summed E-state index contributed by atoms with van der Waals surface area (Å²) >= 11 is 0. The van der Waals surface area contributed by atoms with Crippen LogP contribution in [0.2, 0.25) is 0 Å². The van der Waals surface area contributed by atoms with Gasteiger partial charge in [-0.1, -0.05) is 0 Å². The molecule has 2 aromatic rings. The number of carbonyl (C=O) groups is 1. The average molecular weight is 218 g/mol. The fraction of sp³-hybridized carbons (Fsp3) is 0.364. The summed E-state index contributed by atoms with van der Waals surface area (Å²) in [5, 5.41) is 6.95. The smallest absolute Gasteiger partial charge is 0.270 e. The van der Waals surface area contributed by atoms with Gasteiger partial charge in [-0.25, -0.2) is 9.50 Å². The molecule has 84 valence electrons. The Morgan fingerprint density at radius 3 is 2.75 bits per heavy atom. The van der Waals surface area contributed by atoms with Gasteiger partial charge in [-0.15, -0.1) is 0 Å².